The molecule has 0 saturated heterocycles. The molecule has 0 unspecified atom stereocenters. The van der Waals surface area contributed by atoms with Gasteiger partial charge in [-0.05, 0) is 43.3 Å². The number of nitrogens with zero attached hydrogens (tertiary/aromatic N) is 2. The fraction of sp³-hybridized carbons (Fsp3) is 0.583. The highest BCUT2D eigenvalue weighted by Crippen LogP contribution is 2.32. The van der Waals surface area contributed by atoms with Crippen LogP contribution in [-0.2, 0) is 13.0 Å². The van der Waals surface area contributed by atoms with Gasteiger partial charge in [-0.25, -0.2) is 0 Å². The molecule has 0 atom stereocenters. The fourth-order valence-corrected chi connectivity index (χ4v) is 2.15. The molecule has 0 spiro atoms. The van der Waals surface area contributed by atoms with Crippen molar-refractivity contribution in [2.24, 2.45) is 0 Å². The molecule has 1 aliphatic rings. The van der Waals surface area contributed by atoms with E-state index >= 15 is 0 Å². The summed E-state index contributed by atoms with van der Waals surface area (Å²) < 4.78 is 2.12. The summed E-state index contributed by atoms with van der Waals surface area (Å²) in [6.07, 6.45) is 12.3. The summed E-state index contributed by atoms with van der Waals surface area (Å²) in [5.74, 6) is 3.30. The van der Waals surface area contributed by atoms with E-state index in [2.05, 4.69) is 39.7 Å². The molecule has 1 aromatic rings. The average molecular weight is 222 g/mol. The second kappa shape index (κ2) is 3.94. The summed E-state index contributed by atoms with van der Waals surface area (Å²) in [6.45, 7) is 1.07. The summed E-state index contributed by atoms with van der Waals surface area (Å²) in [5.41, 5.74) is 2.49. The molecule has 3 heteroatoms. The van der Waals surface area contributed by atoms with Crippen molar-refractivity contribution < 1.29 is 0 Å². The van der Waals surface area contributed by atoms with Gasteiger partial charge in [0.05, 0.1) is 17.5 Å². The summed E-state index contributed by atoms with van der Waals surface area (Å²) in [7, 11) is -0.725. The van der Waals surface area contributed by atoms with Gasteiger partial charge in [-0.15, -0.1) is 0 Å². The van der Waals surface area contributed by atoms with E-state index < -0.39 is 10.0 Å². The van der Waals surface area contributed by atoms with Crippen LogP contribution in [0, 0.1) is 11.2 Å². The van der Waals surface area contributed by atoms with Gasteiger partial charge in [0.2, 0.25) is 0 Å². The van der Waals surface area contributed by atoms with Gasteiger partial charge in [-0.3, -0.25) is 4.68 Å². The predicted octanol–water partition coefficient (Wildman–Crippen LogP) is 2.22. The Morgan fingerprint density at radius 2 is 2.13 bits per heavy atom. The molecule has 2 rings (SSSR count). The largest absolute Gasteiger partial charge is 0.268 e. The van der Waals surface area contributed by atoms with Gasteiger partial charge in [0.1, 0.15) is 0 Å². The lowest BCUT2D eigenvalue weighted by atomic mass is 10.1. The van der Waals surface area contributed by atoms with Gasteiger partial charge in [0.15, 0.2) is 0 Å². The van der Waals surface area contributed by atoms with E-state index in [4.69, 9.17) is 0 Å². The molecule has 0 amide bonds. The molecule has 2 heterocycles. The van der Waals surface area contributed by atoms with Gasteiger partial charge >= 0.3 is 0 Å². The second-order valence-corrected chi connectivity index (χ2v) is 8.63. The van der Waals surface area contributed by atoms with Crippen LogP contribution >= 0.6 is 10.0 Å². The molecule has 2 nitrogen and oxygen atoms in total. The maximum absolute atomic E-state index is 4.38. The molecule has 0 fully saturated rings. The first kappa shape index (κ1) is 10.6. The molecule has 0 N–H and O–H groups in total. The maximum Gasteiger partial charge on any atom is 0.0665 e. The minimum Gasteiger partial charge on any atom is -0.268 e. The van der Waals surface area contributed by atoms with Crippen molar-refractivity contribution in [3.8, 4) is 11.2 Å². The number of aryl methyl sites for hydroxylation is 1. The Bertz CT molecular complexity index is 415. The minimum atomic E-state index is -0.725. The van der Waals surface area contributed by atoms with Crippen LogP contribution in [0.3, 0.4) is 0 Å². The average Bonchev–Trinajstić information content (AvgIpc) is 2.57. The van der Waals surface area contributed by atoms with E-state index in [1.807, 2.05) is 6.20 Å². The summed E-state index contributed by atoms with van der Waals surface area (Å²) in [6, 6.07) is 0. The van der Waals surface area contributed by atoms with Crippen LogP contribution < -0.4 is 0 Å². The second-order valence-electron chi connectivity index (χ2n) is 4.75. The Morgan fingerprint density at radius 3 is 2.87 bits per heavy atom. The van der Waals surface area contributed by atoms with E-state index in [9.17, 15) is 0 Å². The highest BCUT2D eigenvalue weighted by molar-refractivity contribution is 8.35. The molecule has 82 valence electrons. The van der Waals surface area contributed by atoms with Crippen LogP contribution in [0.1, 0.15) is 24.1 Å². The van der Waals surface area contributed by atoms with Crippen molar-refractivity contribution in [3.63, 3.8) is 0 Å². The van der Waals surface area contributed by atoms with Crippen LogP contribution in [-0.4, -0.2) is 28.5 Å². The van der Waals surface area contributed by atoms with Crippen LogP contribution in [0.25, 0.3) is 0 Å². The molecule has 1 aliphatic heterocycles. The molecule has 0 aromatic carbocycles. The molecular formula is C12H18N2S. The molecule has 0 aliphatic carbocycles. The van der Waals surface area contributed by atoms with E-state index in [-0.39, 0.29) is 0 Å². The van der Waals surface area contributed by atoms with Crippen molar-refractivity contribution in [1.82, 2.24) is 9.78 Å². The predicted molar refractivity (Wildman–Crippen MR) is 67.4 cm³/mol. The van der Waals surface area contributed by atoms with E-state index in [1.165, 1.54) is 18.5 Å². The van der Waals surface area contributed by atoms with Gasteiger partial charge in [-0.1, -0.05) is 5.92 Å². The van der Waals surface area contributed by atoms with Crippen LogP contribution in [0.15, 0.2) is 6.20 Å². The number of hydrogen-bond acceptors (Lipinski definition) is 1. The Morgan fingerprint density at radius 1 is 1.33 bits per heavy atom. The SMILES string of the molecule is CS(C)(C)C#Cc1cnn2c1CCCC2. The van der Waals surface area contributed by atoms with Crippen LogP contribution in [0.4, 0.5) is 0 Å². The first-order chi connectivity index (χ1) is 7.06. The lowest BCUT2D eigenvalue weighted by Crippen LogP contribution is -2.11. The Labute approximate surface area is 93.4 Å². The number of rotatable bonds is 0. The van der Waals surface area contributed by atoms with Crippen molar-refractivity contribution in [2.75, 3.05) is 18.8 Å². The quantitative estimate of drug-likeness (QED) is 0.615. The Hall–Kier alpha value is -0.880. The Kier molecular flexibility index (Phi) is 2.79. The lowest BCUT2D eigenvalue weighted by Gasteiger charge is -2.15. The first-order valence-corrected chi connectivity index (χ1v) is 8.18. The van der Waals surface area contributed by atoms with Gasteiger partial charge in [0.25, 0.3) is 0 Å². The fourth-order valence-electron chi connectivity index (χ4n) is 1.73. The first-order valence-electron chi connectivity index (χ1n) is 5.32. The number of fused-ring (bicyclic) bond motifs is 1. The van der Waals surface area contributed by atoms with Gasteiger partial charge in [-0.2, -0.15) is 15.1 Å². The maximum atomic E-state index is 4.38. The molecule has 1 aromatic heterocycles. The molecule has 0 radical (unpaired) electrons. The van der Waals surface area contributed by atoms with E-state index in [0.29, 0.717) is 0 Å². The normalized spacial score (nSPS) is 16.5. The zero-order valence-corrected chi connectivity index (χ0v) is 10.5. The highest BCUT2D eigenvalue weighted by Gasteiger charge is 2.13. The van der Waals surface area contributed by atoms with Crippen LogP contribution in [0.2, 0.25) is 0 Å². The van der Waals surface area contributed by atoms with Gasteiger partial charge < -0.3 is 0 Å². The van der Waals surface area contributed by atoms with E-state index in [0.717, 1.165) is 18.5 Å². The van der Waals surface area contributed by atoms with Crippen molar-refractivity contribution in [3.05, 3.63) is 17.5 Å². The third-order valence-electron chi connectivity index (χ3n) is 2.47. The third kappa shape index (κ3) is 2.57. The summed E-state index contributed by atoms with van der Waals surface area (Å²) in [4.78, 5) is 0. The van der Waals surface area contributed by atoms with Crippen molar-refractivity contribution in [2.45, 2.75) is 25.8 Å². The monoisotopic (exact) mass is 222 g/mol. The van der Waals surface area contributed by atoms with Crippen molar-refractivity contribution >= 4 is 10.0 Å². The highest BCUT2D eigenvalue weighted by atomic mass is 32.3. The third-order valence-corrected chi connectivity index (χ3v) is 3.19. The minimum absolute atomic E-state index is 0.725. The van der Waals surface area contributed by atoms with Gasteiger partial charge in [0, 0.05) is 6.54 Å². The molecular weight excluding hydrogens is 204 g/mol. The molecule has 0 bridgehead atoms. The molecule has 15 heavy (non-hydrogen) atoms. The zero-order chi connectivity index (χ0) is 10.9. The smallest absolute Gasteiger partial charge is 0.0665 e. The summed E-state index contributed by atoms with van der Waals surface area (Å²) in [5, 5.41) is 7.74. The topological polar surface area (TPSA) is 17.8 Å². The van der Waals surface area contributed by atoms with Crippen LogP contribution in [0.5, 0.6) is 0 Å². The zero-order valence-electron chi connectivity index (χ0n) is 9.71. The molecule has 0 saturated carbocycles. The standard InChI is InChI=1S/C12H18N2S/c1-15(2,3)9-7-11-10-13-14-8-5-4-6-12(11)14/h10H,4-6,8H2,1-3H3. The lowest BCUT2D eigenvalue weighted by molar-refractivity contribution is 0.486. The number of aromatic nitrogens is 2. The van der Waals surface area contributed by atoms with Crippen molar-refractivity contribution in [1.29, 1.82) is 0 Å². The number of hydrogen-bond donors (Lipinski definition) is 0. The summed E-state index contributed by atoms with van der Waals surface area (Å²) >= 11 is 0. The Balaban J connectivity index is 2.29. The van der Waals surface area contributed by atoms with E-state index in [1.54, 1.807) is 0 Å².